The molecule has 0 aliphatic rings. The van der Waals surface area contributed by atoms with Crippen LogP contribution in [0.5, 0.6) is 0 Å². The van der Waals surface area contributed by atoms with Gasteiger partial charge < -0.3 is 11.1 Å². The van der Waals surface area contributed by atoms with Gasteiger partial charge in [-0.2, -0.15) is 0 Å². The molecule has 7 heteroatoms. The van der Waals surface area contributed by atoms with Crippen LogP contribution in [0.3, 0.4) is 0 Å². The molecule has 0 saturated heterocycles. The first kappa shape index (κ1) is 17.7. The summed E-state index contributed by atoms with van der Waals surface area (Å²) in [5.41, 5.74) is 7.52. The maximum Gasteiger partial charge on any atom is 0.239 e. The van der Waals surface area contributed by atoms with Gasteiger partial charge in [0.1, 0.15) is 5.75 Å². The average Bonchev–Trinajstić information content (AvgIpc) is 2.22. The number of benzene rings is 1. The summed E-state index contributed by atoms with van der Waals surface area (Å²) in [7, 11) is -3.32. The normalized spacial score (nSPS) is 10.6. The van der Waals surface area contributed by atoms with Gasteiger partial charge in [-0.1, -0.05) is 13.0 Å². The van der Waals surface area contributed by atoms with Crippen LogP contribution in [0.4, 0.5) is 11.4 Å². The molecule has 0 radical (unpaired) electrons. The number of carbonyl (C=O) groups excluding carboxylic acids is 1. The van der Waals surface area contributed by atoms with Crippen LogP contribution in [-0.2, 0) is 14.6 Å². The Bertz CT molecular complexity index is 544. The van der Waals surface area contributed by atoms with Gasteiger partial charge in [-0.15, -0.1) is 12.4 Å². The lowest BCUT2D eigenvalue weighted by Crippen LogP contribution is -2.24. The van der Waals surface area contributed by atoms with Crippen molar-refractivity contribution < 1.29 is 13.2 Å². The van der Waals surface area contributed by atoms with E-state index in [0.29, 0.717) is 17.8 Å². The molecule has 1 aromatic rings. The van der Waals surface area contributed by atoms with Gasteiger partial charge >= 0.3 is 0 Å². The molecule has 0 heterocycles. The lowest BCUT2D eigenvalue weighted by molar-refractivity contribution is -0.113. The van der Waals surface area contributed by atoms with Crippen LogP contribution < -0.4 is 11.1 Å². The number of halogens is 1. The fourth-order valence-corrected chi connectivity index (χ4v) is 2.78. The highest BCUT2D eigenvalue weighted by atomic mass is 35.5. The topological polar surface area (TPSA) is 89.3 Å². The zero-order valence-corrected chi connectivity index (χ0v) is 12.6. The number of aryl methyl sites for hydroxylation is 1. The number of sulfone groups is 1. The number of nitrogens with one attached hydrogen (secondary N) is 1. The van der Waals surface area contributed by atoms with Gasteiger partial charge in [-0.05, 0) is 31.0 Å². The van der Waals surface area contributed by atoms with Gasteiger partial charge in [0.2, 0.25) is 5.91 Å². The molecule has 0 saturated carbocycles. The SMILES string of the molecule is CCCS(=O)(=O)CC(=O)Nc1cc(N)ccc1C.Cl. The van der Waals surface area contributed by atoms with Gasteiger partial charge in [-0.3, -0.25) is 4.79 Å². The minimum atomic E-state index is -3.32. The van der Waals surface area contributed by atoms with E-state index < -0.39 is 21.5 Å². The van der Waals surface area contributed by atoms with E-state index in [4.69, 9.17) is 5.73 Å². The van der Waals surface area contributed by atoms with Crippen LogP contribution in [0.1, 0.15) is 18.9 Å². The monoisotopic (exact) mass is 306 g/mol. The third-order valence-corrected chi connectivity index (χ3v) is 4.13. The van der Waals surface area contributed by atoms with Crippen LogP contribution in [0.15, 0.2) is 18.2 Å². The van der Waals surface area contributed by atoms with Crippen LogP contribution in [-0.4, -0.2) is 25.8 Å². The van der Waals surface area contributed by atoms with E-state index in [1.807, 2.05) is 6.92 Å². The lowest BCUT2D eigenvalue weighted by atomic mass is 10.2. The van der Waals surface area contributed by atoms with E-state index in [1.54, 1.807) is 25.1 Å². The standard InChI is InChI=1S/C12H18N2O3S.ClH/c1-3-6-18(16,17)8-12(15)14-11-7-10(13)5-4-9(11)2;/h4-5,7H,3,6,8,13H2,1-2H3,(H,14,15);1H. The number of rotatable bonds is 5. The third-order valence-electron chi connectivity index (χ3n) is 2.40. The Morgan fingerprint density at radius 2 is 2.00 bits per heavy atom. The first-order chi connectivity index (χ1) is 8.34. The molecular formula is C12H19ClN2O3S. The third kappa shape index (κ3) is 5.94. The Hall–Kier alpha value is -1.27. The van der Waals surface area contributed by atoms with Crippen LogP contribution in [0.25, 0.3) is 0 Å². The molecule has 108 valence electrons. The summed E-state index contributed by atoms with van der Waals surface area (Å²) in [4.78, 5) is 11.6. The Balaban J connectivity index is 0.00000324. The zero-order chi connectivity index (χ0) is 13.8. The molecule has 0 fully saturated rings. The largest absolute Gasteiger partial charge is 0.399 e. The predicted molar refractivity (Wildman–Crippen MR) is 80.4 cm³/mol. The molecule has 0 spiro atoms. The van der Waals surface area contributed by atoms with E-state index in [0.717, 1.165) is 5.56 Å². The van der Waals surface area contributed by atoms with Crippen molar-refractivity contribution in [2.45, 2.75) is 20.3 Å². The molecular weight excluding hydrogens is 288 g/mol. The van der Waals surface area contributed by atoms with Gasteiger partial charge in [0, 0.05) is 11.4 Å². The molecule has 0 aliphatic carbocycles. The Morgan fingerprint density at radius 1 is 1.37 bits per heavy atom. The van der Waals surface area contributed by atoms with Gasteiger partial charge in [0.05, 0.1) is 5.75 Å². The number of amides is 1. The van der Waals surface area contributed by atoms with Crippen LogP contribution >= 0.6 is 12.4 Å². The van der Waals surface area contributed by atoms with Crippen molar-refractivity contribution >= 4 is 39.5 Å². The highest BCUT2D eigenvalue weighted by Gasteiger charge is 2.16. The molecule has 0 atom stereocenters. The Labute approximate surface area is 119 Å². The highest BCUT2D eigenvalue weighted by molar-refractivity contribution is 7.92. The highest BCUT2D eigenvalue weighted by Crippen LogP contribution is 2.18. The van der Waals surface area contributed by atoms with E-state index in [2.05, 4.69) is 5.32 Å². The van der Waals surface area contributed by atoms with E-state index in [-0.39, 0.29) is 18.2 Å². The second kappa shape index (κ2) is 7.35. The summed E-state index contributed by atoms with van der Waals surface area (Å²) in [5, 5.41) is 2.57. The quantitative estimate of drug-likeness (QED) is 0.811. The molecule has 0 unspecified atom stereocenters. The van der Waals surface area contributed by atoms with E-state index >= 15 is 0 Å². The van der Waals surface area contributed by atoms with Crippen LogP contribution in [0.2, 0.25) is 0 Å². The number of anilines is 2. The van der Waals surface area contributed by atoms with Crippen molar-refractivity contribution in [3.05, 3.63) is 23.8 Å². The molecule has 5 nitrogen and oxygen atoms in total. The molecule has 1 rings (SSSR count). The molecule has 0 bridgehead atoms. The average molecular weight is 307 g/mol. The second-order valence-corrected chi connectivity index (χ2v) is 6.40. The first-order valence-electron chi connectivity index (χ1n) is 5.70. The summed E-state index contributed by atoms with van der Waals surface area (Å²) in [6.07, 6.45) is 0.507. The molecule has 0 aromatic heterocycles. The summed E-state index contributed by atoms with van der Waals surface area (Å²) in [6, 6.07) is 5.10. The summed E-state index contributed by atoms with van der Waals surface area (Å²) >= 11 is 0. The fourth-order valence-electron chi connectivity index (χ4n) is 1.54. The van der Waals surface area contributed by atoms with Crippen LogP contribution in [0, 0.1) is 6.92 Å². The van der Waals surface area contributed by atoms with Gasteiger partial charge in [0.25, 0.3) is 0 Å². The Morgan fingerprint density at radius 3 is 2.58 bits per heavy atom. The molecule has 3 N–H and O–H groups in total. The lowest BCUT2D eigenvalue weighted by Gasteiger charge is -2.09. The van der Waals surface area contributed by atoms with E-state index in [1.165, 1.54) is 0 Å². The zero-order valence-electron chi connectivity index (χ0n) is 11.0. The number of nitrogen functional groups attached to an aromatic ring is 1. The molecule has 0 aliphatic heterocycles. The van der Waals surface area contributed by atoms with E-state index in [9.17, 15) is 13.2 Å². The van der Waals surface area contributed by atoms with Gasteiger partial charge in [-0.25, -0.2) is 8.42 Å². The second-order valence-electron chi connectivity index (χ2n) is 4.21. The minimum Gasteiger partial charge on any atom is -0.399 e. The number of carbonyl (C=O) groups is 1. The predicted octanol–water partition coefficient (Wildman–Crippen LogP) is 1.76. The minimum absolute atomic E-state index is 0. The Kier molecular flexibility index (Phi) is 6.86. The van der Waals surface area contributed by atoms with Crippen molar-refractivity contribution in [1.29, 1.82) is 0 Å². The first-order valence-corrected chi connectivity index (χ1v) is 7.52. The van der Waals surface area contributed by atoms with Crippen molar-refractivity contribution in [3.63, 3.8) is 0 Å². The maximum absolute atomic E-state index is 11.6. The number of nitrogens with two attached hydrogens (primary N) is 1. The number of hydrogen-bond acceptors (Lipinski definition) is 4. The smallest absolute Gasteiger partial charge is 0.239 e. The molecule has 1 amide bonds. The maximum atomic E-state index is 11.6. The summed E-state index contributed by atoms with van der Waals surface area (Å²) in [5.74, 6) is -0.997. The van der Waals surface area contributed by atoms with Crippen molar-refractivity contribution in [2.24, 2.45) is 0 Å². The van der Waals surface area contributed by atoms with Crippen molar-refractivity contribution in [3.8, 4) is 0 Å². The molecule has 19 heavy (non-hydrogen) atoms. The van der Waals surface area contributed by atoms with Crippen molar-refractivity contribution in [2.75, 3.05) is 22.6 Å². The summed E-state index contributed by atoms with van der Waals surface area (Å²) in [6.45, 7) is 3.58. The fraction of sp³-hybridized carbons (Fsp3) is 0.417. The van der Waals surface area contributed by atoms with Gasteiger partial charge in [0.15, 0.2) is 9.84 Å². The molecule has 1 aromatic carbocycles. The van der Waals surface area contributed by atoms with Crippen molar-refractivity contribution in [1.82, 2.24) is 0 Å². The number of hydrogen-bond donors (Lipinski definition) is 2. The summed E-state index contributed by atoms with van der Waals surface area (Å²) < 4.78 is 23.0.